The van der Waals surface area contributed by atoms with Crippen LogP contribution in [0.15, 0.2) is 18.2 Å². The van der Waals surface area contributed by atoms with Crippen LogP contribution in [0.25, 0.3) is 0 Å². The Balaban J connectivity index is 2.91. The van der Waals surface area contributed by atoms with Gasteiger partial charge in [0.15, 0.2) is 11.5 Å². The maximum absolute atomic E-state index is 5.83. The van der Waals surface area contributed by atoms with Gasteiger partial charge in [-0.15, -0.1) is 0 Å². The summed E-state index contributed by atoms with van der Waals surface area (Å²) in [5.41, 5.74) is 6.64. The lowest BCUT2D eigenvalue weighted by atomic mass is 10.2. The molecule has 0 aliphatic heterocycles. The Hall–Kier alpha value is -1.26. The van der Waals surface area contributed by atoms with Gasteiger partial charge >= 0.3 is 0 Å². The molecule has 2 N–H and O–H groups in total. The second kappa shape index (κ2) is 7.14. The fraction of sp³-hybridized carbons (Fsp3) is 0.538. The van der Waals surface area contributed by atoms with E-state index in [0.29, 0.717) is 19.8 Å². The highest BCUT2D eigenvalue weighted by Gasteiger charge is 2.13. The van der Waals surface area contributed by atoms with Gasteiger partial charge < -0.3 is 19.9 Å². The van der Waals surface area contributed by atoms with E-state index in [-0.39, 0.29) is 6.10 Å². The van der Waals surface area contributed by atoms with Crippen molar-refractivity contribution in [3.8, 4) is 11.5 Å². The molecule has 0 aliphatic carbocycles. The molecule has 17 heavy (non-hydrogen) atoms. The lowest BCUT2D eigenvalue weighted by Crippen LogP contribution is -2.19. The summed E-state index contributed by atoms with van der Waals surface area (Å²) < 4.78 is 16.4. The molecule has 96 valence electrons. The first-order chi connectivity index (χ1) is 8.22. The molecule has 1 rings (SSSR count). The molecule has 1 aromatic carbocycles. The highest BCUT2D eigenvalue weighted by atomic mass is 16.5. The Kier molecular flexibility index (Phi) is 5.80. The van der Waals surface area contributed by atoms with Gasteiger partial charge in [0.2, 0.25) is 0 Å². The number of benzene rings is 1. The number of nitrogens with two attached hydrogens (primary N) is 1. The predicted octanol–water partition coefficient (Wildman–Crippen LogP) is 1.96. The van der Waals surface area contributed by atoms with E-state index in [2.05, 4.69) is 0 Å². The fourth-order valence-electron chi connectivity index (χ4n) is 1.59. The molecular formula is C13H21NO3. The zero-order valence-electron chi connectivity index (χ0n) is 10.7. The van der Waals surface area contributed by atoms with Gasteiger partial charge in [-0.1, -0.05) is 12.1 Å². The zero-order valence-corrected chi connectivity index (χ0v) is 10.7. The molecule has 1 unspecified atom stereocenters. The third kappa shape index (κ3) is 3.91. The third-order valence-corrected chi connectivity index (χ3v) is 2.30. The molecular weight excluding hydrogens is 218 g/mol. The van der Waals surface area contributed by atoms with Crippen LogP contribution in [0.4, 0.5) is 0 Å². The molecule has 0 radical (unpaired) electrons. The lowest BCUT2D eigenvalue weighted by molar-refractivity contribution is 0.0887. The van der Waals surface area contributed by atoms with Gasteiger partial charge in [-0.2, -0.15) is 0 Å². The standard InChI is InChI=1S/C13H21NO3/c1-4-16-12-7-5-6-11(8-14)13(12)17-10(2)9-15-3/h5-7,10H,4,8-9,14H2,1-3H3. The Morgan fingerprint density at radius 1 is 1.35 bits per heavy atom. The molecule has 0 amide bonds. The molecule has 0 saturated heterocycles. The van der Waals surface area contributed by atoms with E-state index in [1.165, 1.54) is 0 Å². The maximum Gasteiger partial charge on any atom is 0.166 e. The smallest absolute Gasteiger partial charge is 0.166 e. The number of ether oxygens (including phenoxy) is 3. The Bertz CT molecular complexity index is 341. The van der Waals surface area contributed by atoms with Crippen molar-refractivity contribution in [1.82, 2.24) is 0 Å². The number of rotatable bonds is 7. The van der Waals surface area contributed by atoms with Crippen LogP contribution in [-0.4, -0.2) is 26.4 Å². The second-order valence-electron chi connectivity index (χ2n) is 3.77. The normalized spacial score (nSPS) is 12.2. The summed E-state index contributed by atoms with van der Waals surface area (Å²) in [6.45, 7) is 5.45. The first-order valence-electron chi connectivity index (χ1n) is 5.83. The van der Waals surface area contributed by atoms with Crippen LogP contribution < -0.4 is 15.2 Å². The van der Waals surface area contributed by atoms with Gasteiger partial charge in [0.25, 0.3) is 0 Å². The van der Waals surface area contributed by atoms with Gasteiger partial charge in [0.1, 0.15) is 6.10 Å². The molecule has 0 bridgehead atoms. The van der Waals surface area contributed by atoms with Crippen LogP contribution in [0, 0.1) is 0 Å². The first kappa shape index (κ1) is 13.8. The van der Waals surface area contributed by atoms with Crippen LogP contribution >= 0.6 is 0 Å². The minimum Gasteiger partial charge on any atom is -0.490 e. The molecule has 0 fully saturated rings. The van der Waals surface area contributed by atoms with E-state index in [1.54, 1.807) is 7.11 Å². The Labute approximate surface area is 103 Å². The molecule has 1 atom stereocenters. The predicted molar refractivity (Wildman–Crippen MR) is 67.5 cm³/mol. The SMILES string of the molecule is CCOc1cccc(CN)c1OC(C)COC. The number of methoxy groups -OCH3 is 1. The van der Waals surface area contributed by atoms with Crippen molar-refractivity contribution in [2.45, 2.75) is 26.5 Å². The van der Waals surface area contributed by atoms with E-state index in [4.69, 9.17) is 19.9 Å². The van der Waals surface area contributed by atoms with Crippen LogP contribution in [0.3, 0.4) is 0 Å². The van der Waals surface area contributed by atoms with Crippen LogP contribution in [0.2, 0.25) is 0 Å². The van der Waals surface area contributed by atoms with Crippen molar-refractivity contribution in [3.05, 3.63) is 23.8 Å². The number of hydrogen-bond donors (Lipinski definition) is 1. The Morgan fingerprint density at radius 2 is 2.12 bits per heavy atom. The largest absolute Gasteiger partial charge is 0.490 e. The van der Waals surface area contributed by atoms with Crippen molar-refractivity contribution in [3.63, 3.8) is 0 Å². The maximum atomic E-state index is 5.83. The summed E-state index contributed by atoms with van der Waals surface area (Å²) in [5.74, 6) is 1.46. The van der Waals surface area contributed by atoms with E-state index in [0.717, 1.165) is 17.1 Å². The third-order valence-electron chi connectivity index (χ3n) is 2.30. The average molecular weight is 239 g/mol. The van der Waals surface area contributed by atoms with Crippen molar-refractivity contribution in [2.75, 3.05) is 20.3 Å². The summed E-state index contributed by atoms with van der Waals surface area (Å²) in [6, 6.07) is 5.75. The van der Waals surface area contributed by atoms with Gasteiger partial charge in [-0.25, -0.2) is 0 Å². The number of para-hydroxylation sites is 1. The first-order valence-corrected chi connectivity index (χ1v) is 5.83. The van der Waals surface area contributed by atoms with E-state index in [9.17, 15) is 0 Å². The van der Waals surface area contributed by atoms with Gasteiger partial charge in [0, 0.05) is 19.2 Å². The highest BCUT2D eigenvalue weighted by molar-refractivity contribution is 5.46. The molecule has 4 nitrogen and oxygen atoms in total. The lowest BCUT2D eigenvalue weighted by Gasteiger charge is -2.19. The average Bonchev–Trinajstić information content (AvgIpc) is 2.32. The number of hydrogen-bond acceptors (Lipinski definition) is 4. The molecule has 0 spiro atoms. The van der Waals surface area contributed by atoms with Gasteiger partial charge in [-0.3, -0.25) is 0 Å². The fourth-order valence-corrected chi connectivity index (χ4v) is 1.59. The zero-order chi connectivity index (χ0) is 12.7. The molecule has 0 aromatic heterocycles. The summed E-state index contributed by atoms with van der Waals surface area (Å²) in [6.07, 6.45) is -0.0353. The van der Waals surface area contributed by atoms with Crippen molar-refractivity contribution in [2.24, 2.45) is 5.73 Å². The van der Waals surface area contributed by atoms with Gasteiger partial charge in [-0.05, 0) is 19.9 Å². The molecule has 0 aliphatic rings. The van der Waals surface area contributed by atoms with Crippen LogP contribution in [0.1, 0.15) is 19.4 Å². The molecule has 1 aromatic rings. The van der Waals surface area contributed by atoms with Crippen molar-refractivity contribution < 1.29 is 14.2 Å². The van der Waals surface area contributed by atoms with E-state index in [1.807, 2.05) is 32.0 Å². The van der Waals surface area contributed by atoms with Crippen LogP contribution in [-0.2, 0) is 11.3 Å². The summed E-state index contributed by atoms with van der Waals surface area (Å²) in [7, 11) is 1.65. The quantitative estimate of drug-likeness (QED) is 0.790. The van der Waals surface area contributed by atoms with Gasteiger partial charge in [0.05, 0.1) is 13.2 Å². The minimum absolute atomic E-state index is 0.0353. The summed E-state index contributed by atoms with van der Waals surface area (Å²) in [4.78, 5) is 0. The molecule has 4 heteroatoms. The topological polar surface area (TPSA) is 53.7 Å². The van der Waals surface area contributed by atoms with Crippen molar-refractivity contribution >= 4 is 0 Å². The monoisotopic (exact) mass is 239 g/mol. The minimum atomic E-state index is -0.0353. The van der Waals surface area contributed by atoms with Crippen molar-refractivity contribution in [1.29, 1.82) is 0 Å². The van der Waals surface area contributed by atoms with E-state index < -0.39 is 0 Å². The van der Waals surface area contributed by atoms with Crippen LogP contribution in [0.5, 0.6) is 11.5 Å². The summed E-state index contributed by atoms with van der Waals surface area (Å²) >= 11 is 0. The molecule has 0 heterocycles. The van der Waals surface area contributed by atoms with E-state index >= 15 is 0 Å². The highest BCUT2D eigenvalue weighted by Crippen LogP contribution is 2.32. The molecule has 0 saturated carbocycles. The Morgan fingerprint density at radius 3 is 2.71 bits per heavy atom. The second-order valence-corrected chi connectivity index (χ2v) is 3.77. The summed E-state index contributed by atoms with van der Waals surface area (Å²) in [5, 5.41) is 0.